The number of hydrogen-bond acceptors (Lipinski definition) is 3. The molecule has 0 aromatic heterocycles. The summed E-state index contributed by atoms with van der Waals surface area (Å²) >= 11 is 0. The van der Waals surface area contributed by atoms with Gasteiger partial charge in [-0.25, -0.2) is 21.8 Å². The Morgan fingerprint density at radius 1 is 1.31 bits per heavy atom. The summed E-state index contributed by atoms with van der Waals surface area (Å²) in [6.07, 6.45) is 1.52. The van der Waals surface area contributed by atoms with Crippen LogP contribution in [0, 0.1) is 5.41 Å². The Balaban J connectivity index is 2.64. The van der Waals surface area contributed by atoms with Crippen molar-refractivity contribution in [3.8, 4) is 0 Å². The van der Waals surface area contributed by atoms with Crippen molar-refractivity contribution in [2.75, 3.05) is 0 Å². The molecule has 1 aromatic carbocycles. The van der Waals surface area contributed by atoms with Crippen molar-refractivity contribution in [1.82, 2.24) is 5.12 Å². The van der Waals surface area contributed by atoms with E-state index in [0.29, 0.717) is 5.12 Å². The summed E-state index contributed by atoms with van der Waals surface area (Å²) in [5, 5.41) is 7.82. The van der Waals surface area contributed by atoms with Gasteiger partial charge in [0.2, 0.25) is 5.96 Å². The molecule has 13 heavy (non-hydrogen) atoms. The third-order valence-corrected chi connectivity index (χ3v) is 1.38. The van der Waals surface area contributed by atoms with Gasteiger partial charge in [0.25, 0.3) is 0 Å². The summed E-state index contributed by atoms with van der Waals surface area (Å²) in [5.41, 5.74) is 0.897. The molecule has 0 unspecified atom stereocenters. The quantitative estimate of drug-likeness (QED) is 0.246. The molecule has 0 heterocycles. The summed E-state index contributed by atoms with van der Waals surface area (Å²) in [6, 6.07) is 9.41. The van der Waals surface area contributed by atoms with Crippen molar-refractivity contribution in [3.63, 3.8) is 0 Å². The Morgan fingerprint density at radius 2 is 1.92 bits per heavy atom. The molecule has 5 heteroatoms. The summed E-state index contributed by atoms with van der Waals surface area (Å²) < 4.78 is 0. The van der Waals surface area contributed by atoms with Crippen LogP contribution >= 0.6 is 0 Å². The van der Waals surface area contributed by atoms with E-state index in [2.05, 4.69) is 4.99 Å². The van der Waals surface area contributed by atoms with Gasteiger partial charge in [-0.1, -0.05) is 30.3 Å². The largest absolute Gasteiger partial charge is 0.265 e. The number of hydrogen-bond donors (Lipinski definition) is 3. The number of benzene rings is 1. The van der Waals surface area contributed by atoms with Crippen molar-refractivity contribution in [2.24, 2.45) is 16.7 Å². The van der Waals surface area contributed by atoms with E-state index in [1.165, 1.54) is 6.21 Å². The van der Waals surface area contributed by atoms with Crippen LogP contribution in [0.1, 0.15) is 5.56 Å². The minimum Gasteiger partial charge on any atom is -0.265 e. The van der Waals surface area contributed by atoms with E-state index >= 15 is 0 Å². The molecule has 0 bridgehead atoms. The van der Waals surface area contributed by atoms with Crippen LogP contribution in [0.15, 0.2) is 35.3 Å². The average Bonchev–Trinajstić information content (AvgIpc) is 2.15. The molecule has 0 saturated heterocycles. The van der Waals surface area contributed by atoms with Gasteiger partial charge in [0.05, 0.1) is 0 Å². The van der Waals surface area contributed by atoms with Crippen LogP contribution in [0.3, 0.4) is 0 Å². The fourth-order valence-corrected chi connectivity index (χ4v) is 0.741. The fourth-order valence-electron chi connectivity index (χ4n) is 0.741. The van der Waals surface area contributed by atoms with Gasteiger partial charge in [0.15, 0.2) is 0 Å². The Bertz CT molecular complexity index is 304. The molecule has 0 spiro atoms. The second-order valence-electron chi connectivity index (χ2n) is 2.40. The van der Waals surface area contributed by atoms with E-state index in [9.17, 15) is 0 Å². The molecular weight excluding hydrogens is 166 g/mol. The maximum atomic E-state index is 7.17. The lowest BCUT2D eigenvalue weighted by molar-refractivity contribution is 0.457. The van der Waals surface area contributed by atoms with Gasteiger partial charge in [-0.3, -0.25) is 5.41 Å². The minimum atomic E-state index is -0.191. The number of nitrogens with zero attached hydrogens (tertiary/aromatic N) is 2. The fraction of sp³-hybridized carbons (Fsp3) is 0. The minimum absolute atomic E-state index is 0.191. The van der Waals surface area contributed by atoms with Crippen LogP contribution in [0.5, 0.6) is 0 Å². The Morgan fingerprint density at radius 3 is 2.46 bits per heavy atom. The third-order valence-electron chi connectivity index (χ3n) is 1.38. The number of nitrogens with two attached hydrogens (primary N) is 2. The molecule has 0 saturated carbocycles. The summed E-state index contributed by atoms with van der Waals surface area (Å²) in [6.45, 7) is 0. The first-order valence-electron chi connectivity index (χ1n) is 3.67. The summed E-state index contributed by atoms with van der Waals surface area (Å²) in [4.78, 5) is 3.73. The van der Waals surface area contributed by atoms with Crippen molar-refractivity contribution in [2.45, 2.75) is 0 Å². The number of hydrazine groups is 2. The highest BCUT2D eigenvalue weighted by molar-refractivity contribution is 5.91. The number of aliphatic imine (C=N–C) groups is 1. The van der Waals surface area contributed by atoms with Crippen molar-refractivity contribution in [1.29, 1.82) is 5.41 Å². The first-order chi connectivity index (χ1) is 6.20. The molecule has 0 aliphatic rings. The van der Waals surface area contributed by atoms with Gasteiger partial charge in [-0.2, -0.15) is 0 Å². The van der Waals surface area contributed by atoms with Gasteiger partial charge in [0.1, 0.15) is 0 Å². The Kier molecular flexibility index (Phi) is 3.13. The van der Waals surface area contributed by atoms with E-state index in [-0.39, 0.29) is 5.96 Å². The molecule has 0 amide bonds. The molecular formula is C8H11N5. The average molecular weight is 177 g/mol. The lowest BCUT2D eigenvalue weighted by Crippen LogP contribution is -2.42. The maximum absolute atomic E-state index is 7.17. The normalized spacial score (nSPS) is 10.3. The Hall–Kier alpha value is -1.72. The second-order valence-corrected chi connectivity index (χ2v) is 2.40. The van der Waals surface area contributed by atoms with E-state index in [0.717, 1.165) is 5.56 Å². The maximum Gasteiger partial charge on any atom is 0.247 e. The highest BCUT2D eigenvalue weighted by atomic mass is 15.6. The van der Waals surface area contributed by atoms with Crippen molar-refractivity contribution >= 4 is 12.2 Å². The monoisotopic (exact) mass is 177 g/mol. The zero-order valence-electron chi connectivity index (χ0n) is 7.01. The molecule has 5 nitrogen and oxygen atoms in total. The smallest absolute Gasteiger partial charge is 0.247 e. The first kappa shape index (κ1) is 9.37. The highest BCUT2D eigenvalue weighted by Crippen LogP contribution is 1.93. The molecule has 68 valence electrons. The number of rotatable bonds is 1. The lowest BCUT2D eigenvalue weighted by atomic mass is 10.2. The predicted molar refractivity (Wildman–Crippen MR) is 52.0 cm³/mol. The van der Waals surface area contributed by atoms with Crippen LogP contribution in [0.2, 0.25) is 0 Å². The molecule has 1 aromatic rings. The van der Waals surface area contributed by atoms with Crippen LogP contribution in [-0.2, 0) is 0 Å². The highest BCUT2D eigenvalue weighted by Gasteiger charge is 1.93. The molecule has 0 radical (unpaired) electrons. The zero-order valence-corrected chi connectivity index (χ0v) is 7.01. The van der Waals surface area contributed by atoms with Gasteiger partial charge in [-0.05, 0) is 5.56 Å². The van der Waals surface area contributed by atoms with Gasteiger partial charge >= 0.3 is 0 Å². The molecule has 1 rings (SSSR count). The van der Waals surface area contributed by atoms with Crippen molar-refractivity contribution < 1.29 is 0 Å². The predicted octanol–water partition coefficient (Wildman–Crippen LogP) is 0.0897. The van der Waals surface area contributed by atoms with Crippen LogP contribution < -0.4 is 11.7 Å². The second kappa shape index (κ2) is 4.34. The van der Waals surface area contributed by atoms with Crippen LogP contribution in [0.25, 0.3) is 0 Å². The van der Waals surface area contributed by atoms with Gasteiger partial charge in [0, 0.05) is 6.21 Å². The molecule has 5 N–H and O–H groups in total. The number of nitrogens with one attached hydrogen (secondary N) is 1. The van der Waals surface area contributed by atoms with Gasteiger partial charge < -0.3 is 0 Å². The Labute approximate surface area is 76.1 Å². The third kappa shape index (κ3) is 3.02. The van der Waals surface area contributed by atoms with Crippen LogP contribution in [0.4, 0.5) is 0 Å². The van der Waals surface area contributed by atoms with E-state index in [1.807, 2.05) is 30.3 Å². The van der Waals surface area contributed by atoms with E-state index in [1.54, 1.807) is 0 Å². The van der Waals surface area contributed by atoms with Crippen LogP contribution in [-0.4, -0.2) is 17.3 Å². The molecule has 0 aliphatic carbocycles. The molecule has 0 aliphatic heterocycles. The SMILES string of the molecule is N=C(N=Cc1ccccc1)N(N)N. The van der Waals surface area contributed by atoms with Gasteiger partial charge in [-0.15, -0.1) is 0 Å². The zero-order chi connectivity index (χ0) is 9.68. The first-order valence-corrected chi connectivity index (χ1v) is 3.67. The summed E-state index contributed by atoms with van der Waals surface area (Å²) in [5.74, 6) is 9.95. The number of guanidine groups is 1. The van der Waals surface area contributed by atoms with E-state index in [4.69, 9.17) is 17.1 Å². The molecule has 0 fully saturated rings. The van der Waals surface area contributed by atoms with Crippen molar-refractivity contribution in [3.05, 3.63) is 35.9 Å². The standard InChI is InChI=1S/C8H11N5/c9-8(13(10)11)12-6-7-4-2-1-3-5-7/h1-6,9H,10-11H2. The molecule has 0 atom stereocenters. The van der Waals surface area contributed by atoms with E-state index < -0.39 is 0 Å². The summed E-state index contributed by atoms with van der Waals surface area (Å²) in [7, 11) is 0. The lowest BCUT2D eigenvalue weighted by Gasteiger charge is -2.06. The topological polar surface area (TPSA) is 91.5 Å².